The minimum atomic E-state index is -0.422. The summed E-state index contributed by atoms with van der Waals surface area (Å²) in [5.74, 6) is -0.00194. The van der Waals surface area contributed by atoms with Gasteiger partial charge in [0, 0.05) is 23.8 Å². The van der Waals surface area contributed by atoms with Crippen molar-refractivity contribution in [1.29, 1.82) is 0 Å². The van der Waals surface area contributed by atoms with Gasteiger partial charge in [-0.1, -0.05) is 24.3 Å². The highest BCUT2D eigenvalue weighted by molar-refractivity contribution is 6.26. The van der Waals surface area contributed by atoms with Gasteiger partial charge in [0.2, 0.25) is 0 Å². The smallest absolute Gasteiger partial charge is 0.308 e. The van der Waals surface area contributed by atoms with Gasteiger partial charge in [0.05, 0.1) is 10.3 Å². The van der Waals surface area contributed by atoms with Crippen molar-refractivity contribution >= 4 is 44.0 Å². The number of esters is 1. The summed E-state index contributed by atoms with van der Waals surface area (Å²) >= 11 is 0. The number of hydrogen-bond donors (Lipinski definition) is 0. The van der Waals surface area contributed by atoms with Crippen LogP contribution >= 0.6 is 0 Å². The first kappa shape index (κ1) is 13.5. The molecule has 4 rings (SSSR count). The molecule has 0 aliphatic heterocycles. The second-order valence-electron chi connectivity index (χ2n) is 5.43. The average Bonchev–Trinajstić information content (AvgIpc) is 2.52. The molecular formula is C18H11NO4. The highest BCUT2D eigenvalue weighted by Crippen LogP contribution is 2.42. The SMILES string of the molecule is CC(=O)Oc1cc2cccc3ccc4c([N+](=O)[O-])ccc1c4c32. The van der Waals surface area contributed by atoms with Gasteiger partial charge in [-0.2, -0.15) is 0 Å². The van der Waals surface area contributed by atoms with Crippen molar-refractivity contribution < 1.29 is 14.5 Å². The van der Waals surface area contributed by atoms with E-state index in [1.807, 2.05) is 24.3 Å². The maximum absolute atomic E-state index is 11.4. The number of hydrogen-bond acceptors (Lipinski definition) is 4. The van der Waals surface area contributed by atoms with Gasteiger partial charge < -0.3 is 4.74 Å². The third kappa shape index (κ3) is 1.90. The molecule has 0 N–H and O–H groups in total. The largest absolute Gasteiger partial charge is 0.426 e. The van der Waals surface area contributed by atoms with E-state index in [2.05, 4.69) is 0 Å². The molecule has 0 unspecified atom stereocenters. The number of rotatable bonds is 2. The first-order chi connectivity index (χ1) is 11.1. The van der Waals surface area contributed by atoms with E-state index in [-0.39, 0.29) is 5.69 Å². The average molecular weight is 305 g/mol. The first-order valence-corrected chi connectivity index (χ1v) is 7.09. The van der Waals surface area contributed by atoms with Crippen molar-refractivity contribution in [3.63, 3.8) is 0 Å². The van der Waals surface area contributed by atoms with Gasteiger partial charge in [0.1, 0.15) is 5.75 Å². The van der Waals surface area contributed by atoms with Crippen LogP contribution in [0.4, 0.5) is 5.69 Å². The molecule has 0 aliphatic carbocycles. The number of nitro groups is 1. The quantitative estimate of drug-likeness (QED) is 0.181. The fourth-order valence-corrected chi connectivity index (χ4v) is 3.18. The molecule has 0 fully saturated rings. The summed E-state index contributed by atoms with van der Waals surface area (Å²) in [6.45, 7) is 1.34. The molecule has 0 atom stereocenters. The fourth-order valence-electron chi connectivity index (χ4n) is 3.18. The molecule has 23 heavy (non-hydrogen) atoms. The van der Waals surface area contributed by atoms with Crippen LogP contribution < -0.4 is 4.74 Å². The molecule has 0 aliphatic rings. The van der Waals surface area contributed by atoms with Gasteiger partial charge in [0.15, 0.2) is 0 Å². The Morgan fingerprint density at radius 1 is 1.00 bits per heavy atom. The molecule has 0 aromatic heterocycles. The minimum Gasteiger partial charge on any atom is -0.426 e. The van der Waals surface area contributed by atoms with Crippen molar-refractivity contribution in [3.05, 3.63) is 58.6 Å². The molecule has 5 nitrogen and oxygen atoms in total. The first-order valence-electron chi connectivity index (χ1n) is 7.09. The third-order valence-corrected chi connectivity index (χ3v) is 4.03. The van der Waals surface area contributed by atoms with E-state index in [9.17, 15) is 14.9 Å². The number of benzene rings is 4. The summed E-state index contributed by atoms with van der Waals surface area (Å²) in [7, 11) is 0. The van der Waals surface area contributed by atoms with Crippen LogP contribution in [-0.2, 0) is 4.79 Å². The summed E-state index contributed by atoms with van der Waals surface area (Å²) in [5, 5.41) is 16.2. The minimum absolute atomic E-state index is 0.0459. The van der Waals surface area contributed by atoms with Gasteiger partial charge in [0.25, 0.3) is 5.69 Å². The van der Waals surface area contributed by atoms with E-state index < -0.39 is 10.9 Å². The number of carbonyl (C=O) groups is 1. The number of non-ortho nitro benzene ring substituents is 1. The van der Waals surface area contributed by atoms with Gasteiger partial charge in [-0.15, -0.1) is 0 Å². The molecular weight excluding hydrogens is 294 g/mol. The molecule has 4 aromatic carbocycles. The van der Waals surface area contributed by atoms with Crippen LogP contribution in [0.5, 0.6) is 5.75 Å². The molecule has 0 radical (unpaired) electrons. The summed E-state index contributed by atoms with van der Waals surface area (Å²) < 4.78 is 5.32. The Hall–Kier alpha value is -3.21. The summed E-state index contributed by atoms with van der Waals surface area (Å²) in [6, 6.07) is 14.3. The fraction of sp³-hybridized carbons (Fsp3) is 0.0556. The van der Waals surface area contributed by atoms with Crippen molar-refractivity contribution in [3.8, 4) is 5.75 Å². The normalized spacial score (nSPS) is 11.3. The molecule has 5 heteroatoms. The maximum atomic E-state index is 11.4. The lowest BCUT2D eigenvalue weighted by Gasteiger charge is -2.14. The highest BCUT2D eigenvalue weighted by atomic mass is 16.6. The monoisotopic (exact) mass is 305 g/mol. The number of nitro benzene ring substituents is 1. The lowest BCUT2D eigenvalue weighted by molar-refractivity contribution is -0.383. The van der Waals surface area contributed by atoms with Crippen LogP contribution in [0.25, 0.3) is 32.3 Å². The number of ether oxygens (including phenoxy) is 1. The van der Waals surface area contributed by atoms with Crippen LogP contribution in [0.2, 0.25) is 0 Å². The summed E-state index contributed by atoms with van der Waals surface area (Å²) in [6.07, 6.45) is 0. The Morgan fingerprint density at radius 2 is 1.74 bits per heavy atom. The zero-order chi connectivity index (χ0) is 16.1. The van der Waals surface area contributed by atoms with Crippen LogP contribution in [0.3, 0.4) is 0 Å². The van der Waals surface area contributed by atoms with Crippen molar-refractivity contribution in [1.82, 2.24) is 0 Å². The zero-order valence-corrected chi connectivity index (χ0v) is 12.2. The van der Waals surface area contributed by atoms with Gasteiger partial charge in [-0.3, -0.25) is 14.9 Å². The predicted molar refractivity (Wildman–Crippen MR) is 88.1 cm³/mol. The molecule has 0 spiro atoms. The molecule has 0 amide bonds. The molecule has 0 saturated carbocycles. The second kappa shape index (κ2) is 4.64. The van der Waals surface area contributed by atoms with Crippen molar-refractivity contribution in [2.45, 2.75) is 6.92 Å². The molecule has 4 aromatic rings. The molecule has 0 bridgehead atoms. The molecule has 0 saturated heterocycles. The Morgan fingerprint density at radius 3 is 2.48 bits per heavy atom. The summed E-state index contributed by atoms with van der Waals surface area (Å²) in [4.78, 5) is 22.3. The van der Waals surface area contributed by atoms with Gasteiger partial charge in [-0.25, -0.2) is 0 Å². The van der Waals surface area contributed by atoms with Crippen LogP contribution in [0.1, 0.15) is 6.92 Å². The van der Waals surface area contributed by atoms with E-state index in [1.165, 1.54) is 13.0 Å². The lowest BCUT2D eigenvalue weighted by Crippen LogP contribution is -2.02. The van der Waals surface area contributed by atoms with Gasteiger partial charge in [-0.05, 0) is 34.4 Å². The van der Waals surface area contributed by atoms with Crippen LogP contribution in [-0.4, -0.2) is 10.9 Å². The van der Waals surface area contributed by atoms with E-state index >= 15 is 0 Å². The van der Waals surface area contributed by atoms with Crippen molar-refractivity contribution in [2.24, 2.45) is 0 Å². The third-order valence-electron chi connectivity index (χ3n) is 4.03. The summed E-state index contributed by atoms with van der Waals surface area (Å²) in [5.41, 5.74) is 0.0459. The second-order valence-corrected chi connectivity index (χ2v) is 5.43. The van der Waals surface area contributed by atoms with E-state index in [0.29, 0.717) is 16.5 Å². The van der Waals surface area contributed by atoms with Gasteiger partial charge >= 0.3 is 5.97 Å². The number of nitrogens with zero attached hydrogens (tertiary/aromatic N) is 1. The maximum Gasteiger partial charge on any atom is 0.308 e. The number of carbonyl (C=O) groups excluding carboxylic acids is 1. The van der Waals surface area contributed by atoms with E-state index in [1.54, 1.807) is 18.2 Å². The Balaban J connectivity index is 2.27. The van der Waals surface area contributed by atoms with E-state index in [0.717, 1.165) is 21.5 Å². The molecule has 0 heterocycles. The van der Waals surface area contributed by atoms with Crippen LogP contribution in [0.15, 0.2) is 48.5 Å². The zero-order valence-electron chi connectivity index (χ0n) is 12.2. The predicted octanol–water partition coefficient (Wildman–Crippen LogP) is 4.42. The standard InChI is InChI=1S/C18H11NO4/c1-10(20)23-16-9-12-4-2-3-11-5-6-13-15(19(21)22)8-7-14(16)18(13)17(11)12/h2-9H,1H3. The Bertz CT molecular complexity index is 1100. The lowest BCUT2D eigenvalue weighted by atomic mass is 9.93. The topological polar surface area (TPSA) is 69.4 Å². The highest BCUT2D eigenvalue weighted by Gasteiger charge is 2.19. The van der Waals surface area contributed by atoms with E-state index in [4.69, 9.17) is 4.74 Å². The van der Waals surface area contributed by atoms with Crippen LogP contribution in [0, 0.1) is 10.1 Å². The van der Waals surface area contributed by atoms with Crippen molar-refractivity contribution in [2.75, 3.05) is 0 Å². The molecule has 112 valence electrons. The Labute approximate surface area is 130 Å². The Kier molecular flexibility index (Phi) is 2.72.